The van der Waals surface area contributed by atoms with E-state index in [0.29, 0.717) is 6.42 Å². The molecule has 0 heterocycles. The predicted molar refractivity (Wildman–Crippen MR) is 66.9 cm³/mol. The second-order valence-corrected chi connectivity index (χ2v) is 3.97. The van der Waals surface area contributed by atoms with Crippen LogP contribution in [-0.4, -0.2) is 35.1 Å². The minimum atomic E-state index is -0.973. The molecule has 0 saturated carbocycles. The molecule has 18 heavy (non-hydrogen) atoms. The van der Waals surface area contributed by atoms with E-state index in [1.807, 2.05) is 30.3 Å². The zero-order valence-corrected chi connectivity index (χ0v) is 10.4. The van der Waals surface area contributed by atoms with Crippen LogP contribution in [0.15, 0.2) is 30.3 Å². The molecule has 5 heteroatoms. The van der Waals surface area contributed by atoms with Crippen molar-refractivity contribution < 1.29 is 19.7 Å². The van der Waals surface area contributed by atoms with Gasteiger partial charge in [-0.05, 0) is 12.0 Å². The second-order valence-electron chi connectivity index (χ2n) is 3.97. The summed E-state index contributed by atoms with van der Waals surface area (Å²) in [6.45, 7) is 1.59. The maximum atomic E-state index is 11.5. The van der Waals surface area contributed by atoms with E-state index < -0.39 is 24.8 Å². The van der Waals surface area contributed by atoms with Gasteiger partial charge in [0.1, 0.15) is 6.61 Å². The smallest absolute Gasteiger partial charge is 0.407 e. The first-order valence-corrected chi connectivity index (χ1v) is 5.93. The predicted octanol–water partition coefficient (Wildman–Crippen LogP) is 1.04. The molecule has 0 aliphatic carbocycles. The highest BCUT2D eigenvalue weighted by atomic mass is 16.5. The minimum Gasteiger partial charge on any atom is -0.445 e. The molecule has 0 saturated heterocycles. The Hall–Kier alpha value is -1.59. The number of alkyl carbamates (subject to hydrolysis) is 1. The summed E-state index contributed by atoms with van der Waals surface area (Å²) in [5, 5.41) is 20.8. The molecule has 0 spiro atoms. The molecule has 1 amide bonds. The van der Waals surface area contributed by atoms with Gasteiger partial charge in [0.2, 0.25) is 0 Å². The van der Waals surface area contributed by atoms with Crippen molar-refractivity contribution in [2.75, 3.05) is 6.61 Å². The van der Waals surface area contributed by atoms with Crippen molar-refractivity contribution in [3.05, 3.63) is 35.9 Å². The Morgan fingerprint density at radius 3 is 2.61 bits per heavy atom. The number of benzene rings is 1. The average molecular weight is 253 g/mol. The fraction of sp³-hybridized carbons (Fsp3) is 0.462. The van der Waals surface area contributed by atoms with Crippen molar-refractivity contribution in [2.24, 2.45) is 0 Å². The summed E-state index contributed by atoms with van der Waals surface area (Å²) in [6, 6.07) is 8.81. The summed E-state index contributed by atoms with van der Waals surface area (Å²) in [6.07, 6.45) is -1.06. The number of amides is 1. The largest absolute Gasteiger partial charge is 0.445 e. The third kappa shape index (κ3) is 4.73. The monoisotopic (exact) mass is 253 g/mol. The number of ether oxygens (including phenoxy) is 1. The lowest BCUT2D eigenvalue weighted by Gasteiger charge is -2.20. The molecular formula is C13H19NO4. The summed E-state index contributed by atoms with van der Waals surface area (Å²) in [5.74, 6) is 0. The van der Waals surface area contributed by atoms with Crippen molar-refractivity contribution >= 4 is 6.09 Å². The summed E-state index contributed by atoms with van der Waals surface area (Å²) in [5.41, 5.74) is 0.892. The van der Waals surface area contributed by atoms with Crippen molar-refractivity contribution in [3.63, 3.8) is 0 Å². The van der Waals surface area contributed by atoms with Crippen molar-refractivity contribution in [3.8, 4) is 0 Å². The highest BCUT2D eigenvalue weighted by molar-refractivity contribution is 5.67. The Bertz CT molecular complexity index is 355. The van der Waals surface area contributed by atoms with Crippen LogP contribution in [0.4, 0.5) is 4.79 Å². The van der Waals surface area contributed by atoms with Gasteiger partial charge in [0, 0.05) is 0 Å². The van der Waals surface area contributed by atoms with Crippen LogP contribution in [0.1, 0.15) is 18.9 Å². The third-order valence-electron chi connectivity index (χ3n) is 2.61. The summed E-state index contributed by atoms with van der Waals surface area (Å²) in [7, 11) is 0. The molecule has 100 valence electrons. The number of rotatable bonds is 6. The van der Waals surface area contributed by atoms with Crippen LogP contribution in [0.2, 0.25) is 0 Å². The molecule has 0 radical (unpaired) electrons. The molecule has 0 aliphatic heterocycles. The van der Waals surface area contributed by atoms with Crippen LogP contribution < -0.4 is 5.32 Å². The number of aliphatic hydroxyl groups is 2. The highest BCUT2D eigenvalue weighted by Gasteiger charge is 2.19. The summed E-state index contributed by atoms with van der Waals surface area (Å²) in [4.78, 5) is 11.5. The SMILES string of the molecule is CC[C@H](NC(=O)OCc1ccccc1)[C@@H](O)CO. The number of hydrogen-bond donors (Lipinski definition) is 3. The molecule has 1 rings (SSSR count). The lowest BCUT2D eigenvalue weighted by molar-refractivity contribution is 0.0563. The fourth-order valence-electron chi connectivity index (χ4n) is 1.51. The molecule has 0 fully saturated rings. The van der Waals surface area contributed by atoms with Gasteiger partial charge in [0.15, 0.2) is 0 Å². The first-order chi connectivity index (χ1) is 8.67. The van der Waals surface area contributed by atoms with Gasteiger partial charge in [-0.1, -0.05) is 37.3 Å². The van der Waals surface area contributed by atoms with Crippen LogP contribution in [-0.2, 0) is 11.3 Å². The van der Waals surface area contributed by atoms with E-state index in [1.165, 1.54) is 0 Å². The Balaban J connectivity index is 2.37. The summed E-state index contributed by atoms with van der Waals surface area (Å²) >= 11 is 0. The molecule has 2 atom stereocenters. The molecule has 0 bridgehead atoms. The van der Waals surface area contributed by atoms with Crippen molar-refractivity contribution in [2.45, 2.75) is 32.1 Å². The van der Waals surface area contributed by atoms with Gasteiger partial charge in [-0.3, -0.25) is 0 Å². The maximum absolute atomic E-state index is 11.5. The Morgan fingerprint density at radius 1 is 1.39 bits per heavy atom. The fourth-order valence-corrected chi connectivity index (χ4v) is 1.51. The molecular weight excluding hydrogens is 234 g/mol. The molecule has 0 aromatic heterocycles. The second kappa shape index (κ2) is 7.68. The molecule has 5 nitrogen and oxygen atoms in total. The number of hydrogen-bond acceptors (Lipinski definition) is 4. The van der Waals surface area contributed by atoms with Crippen LogP contribution in [0.3, 0.4) is 0 Å². The standard InChI is InChI=1S/C13H19NO4/c1-2-11(12(16)8-15)14-13(17)18-9-10-6-4-3-5-7-10/h3-7,11-12,15-16H,2,8-9H2,1H3,(H,14,17)/t11-,12-/m0/s1. The zero-order valence-electron chi connectivity index (χ0n) is 10.4. The topological polar surface area (TPSA) is 78.8 Å². The van der Waals surface area contributed by atoms with E-state index in [9.17, 15) is 9.90 Å². The van der Waals surface area contributed by atoms with Crippen molar-refractivity contribution in [1.82, 2.24) is 5.32 Å². The van der Waals surface area contributed by atoms with Crippen LogP contribution >= 0.6 is 0 Å². The first kappa shape index (κ1) is 14.5. The quantitative estimate of drug-likeness (QED) is 0.708. The van der Waals surface area contributed by atoms with E-state index in [2.05, 4.69) is 5.32 Å². The van der Waals surface area contributed by atoms with Gasteiger partial charge in [0.05, 0.1) is 18.8 Å². The molecule has 1 aromatic carbocycles. The van der Waals surface area contributed by atoms with Gasteiger partial charge in [-0.15, -0.1) is 0 Å². The maximum Gasteiger partial charge on any atom is 0.407 e. The van der Waals surface area contributed by atoms with Gasteiger partial charge in [-0.2, -0.15) is 0 Å². The molecule has 3 N–H and O–H groups in total. The third-order valence-corrected chi connectivity index (χ3v) is 2.61. The number of aliphatic hydroxyl groups excluding tert-OH is 2. The Morgan fingerprint density at radius 2 is 2.06 bits per heavy atom. The Labute approximate surface area is 106 Å². The minimum absolute atomic E-state index is 0.179. The lowest BCUT2D eigenvalue weighted by Crippen LogP contribution is -2.44. The number of nitrogens with one attached hydrogen (secondary N) is 1. The van der Waals surface area contributed by atoms with E-state index >= 15 is 0 Å². The number of carbonyl (C=O) groups is 1. The van der Waals surface area contributed by atoms with Gasteiger partial charge in [-0.25, -0.2) is 4.79 Å². The van der Waals surface area contributed by atoms with Crippen LogP contribution in [0, 0.1) is 0 Å². The average Bonchev–Trinajstić information content (AvgIpc) is 2.42. The van der Waals surface area contributed by atoms with E-state index in [1.54, 1.807) is 6.92 Å². The van der Waals surface area contributed by atoms with Crippen LogP contribution in [0.5, 0.6) is 0 Å². The van der Waals surface area contributed by atoms with Crippen LogP contribution in [0.25, 0.3) is 0 Å². The molecule has 0 aliphatic rings. The Kier molecular flexibility index (Phi) is 6.18. The van der Waals surface area contributed by atoms with Gasteiger partial charge in [0.25, 0.3) is 0 Å². The van der Waals surface area contributed by atoms with E-state index in [-0.39, 0.29) is 6.61 Å². The first-order valence-electron chi connectivity index (χ1n) is 5.93. The summed E-state index contributed by atoms with van der Waals surface area (Å²) < 4.78 is 5.01. The van der Waals surface area contributed by atoms with E-state index in [0.717, 1.165) is 5.56 Å². The highest BCUT2D eigenvalue weighted by Crippen LogP contribution is 2.02. The van der Waals surface area contributed by atoms with Crippen molar-refractivity contribution in [1.29, 1.82) is 0 Å². The van der Waals surface area contributed by atoms with E-state index in [4.69, 9.17) is 9.84 Å². The van der Waals surface area contributed by atoms with Gasteiger partial charge >= 0.3 is 6.09 Å². The lowest BCUT2D eigenvalue weighted by atomic mass is 10.1. The van der Waals surface area contributed by atoms with Gasteiger partial charge < -0.3 is 20.3 Å². The zero-order chi connectivity index (χ0) is 13.4. The number of carbonyl (C=O) groups excluding carboxylic acids is 1. The normalized spacial score (nSPS) is 13.7. The molecule has 0 unspecified atom stereocenters. The molecule has 1 aromatic rings.